The summed E-state index contributed by atoms with van der Waals surface area (Å²) in [5.74, 6) is 0.594. The molecule has 0 aliphatic carbocycles. The molecule has 2 heterocycles. The molecular formula is C17H27N3O5S. The van der Waals surface area contributed by atoms with Gasteiger partial charge in [0.05, 0.1) is 30.7 Å². The largest absolute Gasteiger partial charge is 0.474 e. The smallest absolute Gasteiger partial charge is 0.234 e. The number of hydrogen-bond acceptors (Lipinski definition) is 6. The molecule has 1 fully saturated rings. The number of piperidine rings is 1. The highest BCUT2D eigenvalue weighted by Crippen LogP contribution is 2.21. The zero-order valence-electron chi connectivity index (χ0n) is 15.6. The van der Waals surface area contributed by atoms with Gasteiger partial charge in [0.2, 0.25) is 21.8 Å². The standard InChI is InChI=1S/C17H27N3O5S/c1-4-26(22,23)19(2)14-5-6-16(18-13-14)25-15-7-10-20(11-8-15)17(21)9-12-24-3/h5-6,13,15H,4,7-12H2,1-3H3. The first kappa shape index (κ1) is 20.4. The Morgan fingerprint density at radius 1 is 1.35 bits per heavy atom. The molecule has 8 nitrogen and oxygen atoms in total. The van der Waals surface area contributed by atoms with Crippen LogP contribution < -0.4 is 9.04 Å². The van der Waals surface area contributed by atoms with E-state index in [1.807, 2.05) is 4.90 Å². The molecule has 146 valence electrons. The number of ether oxygens (including phenoxy) is 2. The SMILES string of the molecule is CCS(=O)(=O)N(C)c1ccc(OC2CCN(C(=O)CCOC)CC2)nc1. The van der Waals surface area contributed by atoms with E-state index in [-0.39, 0.29) is 17.8 Å². The van der Waals surface area contributed by atoms with Gasteiger partial charge in [-0.3, -0.25) is 9.10 Å². The molecule has 26 heavy (non-hydrogen) atoms. The number of carbonyl (C=O) groups is 1. The van der Waals surface area contributed by atoms with Gasteiger partial charge in [-0.1, -0.05) is 0 Å². The van der Waals surface area contributed by atoms with Gasteiger partial charge in [0.25, 0.3) is 0 Å². The predicted octanol–water partition coefficient (Wildman–Crippen LogP) is 1.27. The van der Waals surface area contributed by atoms with Crippen LogP contribution in [0.1, 0.15) is 26.2 Å². The molecule has 0 spiro atoms. The number of aromatic nitrogens is 1. The third-order valence-corrected chi connectivity index (χ3v) is 6.24. The highest BCUT2D eigenvalue weighted by Gasteiger charge is 2.24. The van der Waals surface area contributed by atoms with Gasteiger partial charge in [-0.25, -0.2) is 13.4 Å². The Hall–Kier alpha value is -1.87. The number of anilines is 1. The number of methoxy groups -OCH3 is 1. The fraction of sp³-hybridized carbons (Fsp3) is 0.647. The van der Waals surface area contributed by atoms with E-state index in [4.69, 9.17) is 9.47 Å². The van der Waals surface area contributed by atoms with Crippen molar-refractivity contribution in [2.75, 3.05) is 43.9 Å². The number of sulfonamides is 1. The molecule has 1 saturated heterocycles. The average molecular weight is 385 g/mol. The monoisotopic (exact) mass is 385 g/mol. The van der Waals surface area contributed by atoms with Crippen LogP contribution in [0, 0.1) is 0 Å². The highest BCUT2D eigenvalue weighted by molar-refractivity contribution is 7.92. The number of carbonyl (C=O) groups excluding carboxylic acids is 1. The van der Waals surface area contributed by atoms with E-state index in [2.05, 4.69) is 4.98 Å². The molecule has 2 rings (SSSR count). The molecule has 1 aromatic rings. The molecule has 0 N–H and O–H groups in total. The number of nitrogens with zero attached hydrogens (tertiary/aromatic N) is 3. The average Bonchev–Trinajstić information content (AvgIpc) is 2.66. The molecule has 0 unspecified atom stereocenters. The summed E-state index contributed by atoms with van der Waals surface area (Å²) < 4.78 is 35.8. The first-order valence-corrected chi connectivity index (χ1v) is 10.3. The number of amides is 1. The van der Waals surface area contributed by atoms with Crippen molar-refractivity contribution in [2.45, 2.75) is 32.3 Å². The second-order valence-electron chi connectivity index (χ2n) is 6.16. The van der Waals surface area contributed by atoms with Crippen LogP contribution in [0.3, 0.4) is 0 Å². The molecule has 1 aliphatic rings. The minimum Gasteiger partial charge on any atom is -0.474 e. The highest BCUT2D eigenvalue weighted by atomic mass is 32.2. The van der Waals surface area contributed by atoms with Gasteiger partial charge in [0.15, 0.2) is 0 Å². The number of rotatable bonds is 8. The lowest BCUT2D eigenvalue weighted by atomic mass is 10.1. The third kappa shape index (κ3) is 5.31. The second-order valence-corrected chi connectivity index (χ2v) is 8.45. The Morgan fingerprint density at radius 3 is 2.58 bits per heavy atom. The summed E-state index contributed by atoms with van der Waals surface area (Å²) in [6.07, 6.45) is 3.38. The summed E-state index contributed by atoms with van der Waals surface area (Å²) in [7, 11) is -0.215. The van der Waals surface area contributed by atoms with Crippen LogP contribution in [0.15, 0.2) is 18.3 Å². The van der Waals surface area contributed by atoms with Crippen molar-refractivity contribution in [3.63, 3.8) is 0 Å². The van der Waals surface area contributed by atoms with Gasteiger partial charge in [0.1, 0.15) is 6.10 Å². The second kappa shape index (κ2) is 9.18. The minimum absolute atomic E-state index is 0.00284. The van der Waals surface area contributed by atoms with Crippen molar-refractivity contribution < 1.29 is 22.7 Å². The fourth-order valence-corrected chi connectivity index (χ4v) is 3.54. The zero-order valence-corrected chi connectivity index (χ0v) is 16.4. The lowest BCUT2D eigenvalue weighted by molar-refractivity contribution is -0.133. The lowest BCUT2D eigenvalue weighted by Crippen LogP contribution is -2.42. The topological polar surface area (TPSA) is 89.0 Å². The molecule has 1 aliphatic heterocycles. The summed E-state index contributed by atoms with van der Waals surface area (Å²) in [5, 5.41) is 0. The van der Waals surface area contributed by atoms with E-state index in [0.717, 1.165) is 12.8 Å². The maximum Gasteiger partial charge on any atom is 0.234 e. The van der Waals surface area contributed by atoms with Crippen molar-refractivity contribution >= 4 is 21.6 Å². The molecule has 9 heteroatoms. The molecular weight excluding hydrogens is 358 g/mol. The van der Waals surface area contributed by atoms with Crippen molar-refractivity contribution in [1.29, 1.82) is 0 Å². The van der Waals surface area contributed by atoms with Crippen LogP contribution >= 0.6 is 0 Å². The van der Waals surface area contributed by atoms with E-state index in [0.29, 0.717) is 37.7 Å². The van der Waals surface area contributed by atoms with Crippen molar-refractivity contribution in [3.8, 4) is 5.88 Å². The zero-order chi connectivity index (χ0) is 19.2. The predicted molar refractivity (Wildman–Crippen MR) is 98.8 cm³/mol. The molecule has 0 saturated carbocycles. The lowest BCUT2D eigenvalue weighted by Gasteiger charge is -2.32. The molecule has 0 radical (unpaired) electrons. The Labute approximate surface area is 155 Å². The van der Waals surface area contributed by atoms with E-state index in [1.165, 1.54) is 17.5 Å². The Morgan fingerprint density at radius 2 is 2.04 bits per heavy atom. The minimum atomic E-state index is -3.31. The first-order valence-electron chi connectivity index (χ1n) is 8.73. The van der Waals surface area contributed by atoms with Crippen LogP contribution in [-0.2, 0) is 19.6 Å². The van der Waals surface area contributed by atoms with Crippen LogP contribution in [0.4, 0.5) is 5.69 Å². The third-order valence-electron chi connectivity index (χ3n) is 4.47. The van der Waals surface area contributed by atoms with Gasteiger partial charge in [-0.05, 0) is 13.0 Å². The van der Waals surface area contributed by atoms with Gasteiger partial charge >= 0.3 is 0 Å². The summed E-state index contributed by atoms with van der Waals surface area (Å²) in [6, 6.07) is 3.35. The number of likely N-dealkylation sites (tertiary alicyclic amines) is 1. The number of pyridine rings is 1. The van der Waals surface area contributed by atoms with E-state index in [9.17, 15) is 13.2 Å². The van der Waals surface area contributed by atoms with Gasteiger partial charge in [0, 0.05) is 46.2 Å². The Kier molecular flexibility index (Phi) is 7.22. The Balaban J connectivity index is 1.86. The molecule has 1 amide bonds. The summed E-state index contributed by atoms with van der Waals surface area (Å²) in [5.41, 5.74) is 0.498. The van der Waals surface area contributed by atoms with Crippen molar-refractivity contribution in [2.24, 2.45) is 0 Å². The molecule has 0 aromatic carbocycles. The maximum absolute atomic E-state index is 12.0. The van der Waals surface area contributed by atoms with E-state index < -0.39 is 10.0 Å². The van der Waals surface area contributed by atoms with Crippen LogP contribution in [0.5, 0.6) is 5.88 Å². The van der Waals surface area contributed by atoms with Gasteiger partial charge in [-0.2, -0.15) is 0 Å². The molecule has 1 aromatic heterocycles. The van der Waals surface area contributed by atoms with Crippen LogP contribution in [-0.4, -0.2) is 69.9 Å². The van der Waals surface area contributed by atoms with Crippen molar-refractivity contribution in [3.05, 3.63) is 18.3 Å². The molecule has 0 atom stereocenters. The number of hydrogen-bond donors (Lipinski definition) is 0. The van der Waals surface area contributed by atoms with Crippen LogP contribution in [0.25, 0.3) is 0 Å². The maximum atomic E-state index is 12.0. The summed E-state index contributed by atoms with van der Waals surface area (Å²) in [4.78, 5) is 18.0. The summed E-state index contributed by atoms with van der Waals surface area (Å²) in [6.45, 7) is 3.35. The molecule has 0 bridgehead atoms. The van der Waals surface area contributed by atoms with E-state index >= 15 is 0 Å². The van der Waals surface area contributed by atoms with Crippen molar-refractivity contribution in [1.82, 2.24) is 9.88 Å². The quantitative estimate of drug-likeness (QED) is 0.670. The first-order chi connectivity index (χ1) is 12.4. The normalized spacial score (nSPS) is 15.7. The fourth-order valence-electron chi connectivity index (χ4n) is 2.72. The Bertz CT molecular complexity index is 685. The summed E-state index contributed by atoms with van der Waals surface area (Å²) >= 11 is 0. The van der Waals surface area contributed by atoms with Gasteiger partial charge in [-0.15, -0.1) is 0 Å². The van der Waals surface area contributed by atoms with Crippen LogP contribution in [0.2, 0.25) is 0 Å². The van der Waals surface area contributed by atoms with E-state index in [1.54, 1.807) is 26.2 Å². The van der Waals surface area contributed by atoms with Gasteiger partial charge < -0.3 is 14.4 Å².